The summed E-state index contributed by atoms with van der Waals surface area (Å²) in [7, 11) is 0. The number of ether oxygens (including phenoxy) is 1. The van der Waals surface area contributed by atoms with Crippen molar-refractivity contribution in [1.82, 2.24) is 15.0 Å². The summed E-state index contributed by atoms with van der Waals surface area (Å²) in [4.78, 5) is 31.0. The Morgan fingerprint density at radius 3 is 2.32 bits per heavy atom. The Morgan fingerprint density at radius 1 is 1.07 bits per heavy atom. The van der Waals surface area contributed by atoms with Crippen LogP contribution in [0.5, 0.6) is 0 Å². The molecule has 8 nitrogen and oxygen atoms in total. The van der Waals surface area contributed by atoms with Gasteiger partial charge in [-0.15, -0.1) is 12.4 Å². The molecule has 0 aliphatic carbocycles. The molecule has 28 heavy (non-hydrogen) atoms. The number of hydrogen-bond acceptors (Lipinski definition) is 7. The number of carbonyl (C=O) groups excluding carboxylic acids is 2. The highest BCUT2D eigenvalue weighted by atomic mass is 35.5. The van der Waals surface area contributed by atoms with Crippen molar-refractivity contribution in [1.29, 1.82) is 0 Å². The van der Waals surface area contributed by atoms with Crippen LogP contribution in [0.3, 0.4) is 0 Å². The van der Waals surface area contributed by atoms with Crippen molar-refractivity contribution in [2.75, 3.05) is 6.54 Å². The highest BCUT2D eigenvalue weighted by Crippen LogP contribution is 2.48. The van der Waals surface area contributed by atoms with Gasteiger partial charge in [-0.1, -0.05) is 29.4 Å². The summed E-state index contributed by atoms with van der Waals surface area (Å²) in [5.41, 5.74) is 7.46. The molecule has 148 valence electrons. The van der Waals surface area contributed by atoms with Crippen LogP contribution >= 0.6 is 12.4 Å². The van der Waals surface area contributed by atoms with Crippen LogP contribution in [0.1, 0.15) is 24.3 Å². The summed E-state index contributed by atoms with van der Waals surface area (Å²) in [5, 5.41) is 3.99. The van der Waals surface area contributed by atoms with Gasteiger partial charge in [0.2, 0.25) is 23.5 Å². The molecule has 0 spiro atoms. The normalized spacial score (nSPS) is 28.0. The van der Waals surface area contributed by atoms with Gasteiger partial charge in [0, 0.05) is 25.1 Å². The minimum atomic E-state index is -0.296. The first-order chi connectivity index (χ1) is 13.2. The number of aromatic nitrogens is 2. The van der Waals surface area contributed by atoms with Gasteiger partial charge < -0.3 is 15.0 Å². The molecule has 2 bridgehead atoms. The molecule has 3 aliphatic heterocycles. The molecular formula is C19H21ClN4O4. The highest BCUT2D eigenvalue weighted by molar-refractivity contribution is 6.06. The first-order valence-electron chi connectivity index (χ1n) is 9.28. The maximum atomic E-state index is 12.6. The first kappa shape index (κ1) is 19.0. The van der Waals surface area contributed by atoms with Crippen molar-refractivity contribution < 1.29 is 18.8 Å². The summed E-state index contributed by atoms with van der Waals surface area (Å²) in [5.74, 6) is 0.0653. The molecule has 1 aromatic heterocycles. The lowest BCUT2D eigenvalue weighted by Gasteiger charge is -2.16. The van der Waals surface area contributed by atoms with Crippen molar-refractivity contribution in [3.05, 3.63) is 35.7 Å². The molecular weight excluding hydrogens is 384 g/mol. The quantitative estimate of drug-likeness (QED) is 0.748. The molecule has 3 aliphatic rings. The monoisotopic (exact) mass is 404 g/mol. The Balaban J connectivity index is 0.00000192. The van der Waals surface area contributed by atoms with E-state index in [0.29, 0.717) is 24.7 Å². The summed E-state index contributed by atoms with van der Waals surface area (Å²) < 4.78 is 11.0. The smallest absolute Gasteiger partial charge is 0.235 e. The van der Waals surface area contributed by atoms with Crippen LogP contribution in [0.25, 0.3) is 11.4 Å². The second-order valence-corrected chi connectivity index (χ2v) is 7.33. The van der Waals surface area contributed by atoms with Crippen molar-refractivity contribution >= 4 is 24.2 Å². The van der Waals surface area contributed by atoms with Crippen LogP contribution in [0, 0.1) is 11.8 Å². The number of hydrogen-bond donors (Lipinski definition) is 1. The summed E-state index contributed by atoms with van der Waals surface area (Å²) in [6.45, 7) is 0.738. The van der Waals surface area contributed by atoms with Crippen molar-refractivity contribution in [3.8, 4) is 11.4 Å². The van der Waals surface area contributed by atoms with Gasteiger partial charge in [-0.05, 0) is 18.4 Å². The average Bonchev–Trinajstić information content (AvgIpc) is 3.46. The zero-order valence-electron chi connectivity index (χ0n) is 15.1. The molecule has 0 saturated carbocycles. The van der Waals surface area contributed by atoms with Crippen molar-refractivity contribution in [3.63, 3.8) is 0 Å². The van der Waals surface area contributed by atoms with E-state index in [-0.39, 0.29) is 54.8 Å². The molecule has 4 unspecified atom stereocenters. The molecule has 2 aromatic rings. The summed E-state index contributed by atoms with van der Waals surface area (Å²) in [6.07, 6.45) is 1.91. The van der Waals surface area contributed by atoms with Crippen molar-refractivity contribution in [2.45, 2.75) is 38.0 Å². The van der Waals surface area contributed by atoms with Gasteiger partial charge in [-0.3, -0.25) is 14.5 Å². The maximum absolute atomic E-state index is 12.6. The number of amides is 2. The second-order valence-electron chi connectivity index (χ2n) is 7.33. The molecule has 5 rings (SSSR count). The van der Waals surface area contributed by atoms with Crippen LogP contribution in [0.2, 0.25) is 0 Å². The lowest BCUT2D eigenvalue weighted by atomic mass is 9.81. The third-order valence-corrected chi connectivity index (χ3v) is 5.84. The van der Waals surface area contributed by atoms with Gasteiger partial charge in [0.1, 0.15) is 0 Å². The number of nitrogens with zero attached hydrogens (tertiary/aromatic N) is 3. The molecule has 4 heterocycles. The number of imide groups is 1. The number of nitrogens with two attached hydrogens (primary N) is 1. The molecule has 0 radical (unpaired) electrons. The van der Waals surface area contributed by atoms with Gasteiger partial charge in [-0.2, -0.15) is 4.98 Å². The number of carbonyl (C=O) groups is 2. The molecule has 3 saturated heterocycles. The molecule has 9 heteroatoms. The number of likely N-dealkylation sites (tertiary alicyclic amines) is 1. The van der Waals surface area contributed by atoms with E-state index in [1.807, 2.05) is 24.3 Å². The fourth-order valence-corrected chi connectivity index (χ4v) is 4.47. The molecule has 4 atom stereocenters. The van der Waals surface area contributed by atoms with Crippen LogP contribution < -0.4 is 5.73 Å². The van der Waals surface area contributed by atoms with E-state index in [1.165, 1.54) is 4.90 Å². The Hall–Kier alpha value is -2.29. The Kier molecular flexibility index (Phi) is 4.95. The fraction of sp³-hybridized carbons (Fsp3) is 0.474. The van der Waals surface area contributed by atoms with Crippen molar-refractivity contribution in [2.24, 2.45) is 17.6 Å². The van der Waals surface area contributed by atoms with Gasteiger partial charge in [0.25, 0.3) is 0 Å². The van der Waals surface area contributed by atoms with Crippen LogP contribution in [0.15, 0.2) is 28.8 Å². The number of rotatable bonds is 5. The van der Waals surface area contributed by atoms with Crippen LogP contribution in [-0.4, -0.2) is 45.6 Å². The molecule has 2 N–H and O–H groups in total. The SMILES string of the molecule is Cl.NCc1ccc(-c2noc(CCN3C(=O)C4C5CCC(O5)C4C3=O)n2)cc1. The van der Waals surface area contributed by atoms with Gasteiger partial charge >= 0.3 is 0 Å². The van der Waals surface area contributed by atoms with Crippen LogP contribution in [0.4, 0.5) is 0 Å². The van der Waals surface area contributed by atoms with E-state index in [0.717, 1.165) is 24.0 Å². The predicted molar refractivity (Wildman–Crippen MR) is 100 cm³/mol. The number of halogens is 1. The Bertz CT molecular complexity index is 872. The zero-order chi connectivity index (χ0) is 18.5. The lowest BCUT2D eigenvalue weighted by Crippen LogP contribution is -2.35. The highest BCUT2D eigenvalue weighted by Gasteiger charge is 2.62. The first-order valence-corrected chi connectivity index (χ1v) is 9.28. The van der Waals surface area contributed by atoms with Gasteiger partial charge in [0.15, 0.2) is 0 Å². The average molecular weight is 405 g/mol. The largest absolute Gasteiger partial charge is 0.373 e. The minimum Gasteiger partial charge on any atom is -0.373 e. The molecule has 1 aromatic carbocycles. The van der Waals surface area contributed by atoms with E-state index in [9.17, 15) is 9.59 Å². The Morgan fingerprint density at radius 2 is 1.71 bits per heavy atom. The third kappa shape index (κ3) is 2.92. The predicted octanol–water partition coefficient (Wildman–Crippen LogP) is 1.32. The third-order valence-electron chi connectivity index (χ3n) is 5.84. The minimum absolute atomic E-state index is 0. The second kappa shape index (κ2) is 7.27. The fourth-order valence-electron chi connectivity index (χ4n) is 4.47. The van der Waals surface area contributed by atoms with E-state index in [2.05, 4.69) is 10.1 Å². The van der Waals surface area contributed by atoms with E-state index in [1.54, 1.807) is 0 Å². The van der Waals surface area contributed by atoms with E-state index >= 15 is 0 Å². The lowest BCUT2D eigenvalue weighted by molar-refractivity contribution is -0.142. The Labute approximate surface area is 167 Å². The van der Waals surface area contributed by atoms with E-state index < -0.39 is 0 Å². The van der Waals surface area contributed by atoms with E-state index in [4.69, 9.17) is 15.0 Å². The van der Waals surface area contributed by atoms with Crippen LogP contribution in [-0.2, 0) is 27.3 Å². The molecule has 3 fully saturated rings. The summed E-state index contributed by atoms with van der Waals surface area (Å²) in [6, 6.07) is 7.62. The number of benzene rings is 1. The summed E-state index contributed by atoms with van der Waals surface area (Å²) >= 11 is 0. The maximum Gasteiger partial charge on any atom is 0.235 e. The van der Waals surface area contributed by atoms with Gasteiger partial charge in [-0.25, -0.2) is 0 Å². The topological polar surface area (TPSA) is 112 Å². The standard InChI is InChI=1S/C19H20N4O4.ClH/c20-9-10-1-3-11(4-2-10)17-21-14(27-22-17)7-8-23-18(24)15-12-5-6-13(26-12)16(15)19(23)25;/h1-4,12-13,15-16H,5-9,20H2;1H. The molecule has 2 amide bonds. The number of fused-ring (bicyclic) bond motifs is 5. The van der Waals surface area contributed by atoms with Gasteiger partial charge in [0.05, 0.1) is 24.0 Å². The zero-order valence-corrected chi connectivity index (χ0v) is 15.9.